The van der Waals surface area contributed by atoms with E-state index in [0.29, 0.717) is 6.54 Å². The minimum atomic E-state index is -0.429. The van der Waals surface area contributed by atoms with Gasteiger partial charge in [-0.3, -0.25) is 4.98 Å². The van der Waals surface area contributed by atoms with Crippen LogP contribution in [0.3, 0.4) is 0 Å². The molecule has 0 aliphatic rings. The molecule has 1 aromatic heterocycles. The number of aryl methyl sites for hydroxylation is 2. The third-order valence-electron chi connectivity index (χ3n) is 3.82. The van der Waals surface area contributed by atoms with E-state index in [0.717, 1.165) is 18.4 Å². The number of nitrogens with zero attached hydrogens (tertiary/aromatic N) is 1. The van der Waals surface area contributed by atoms with Crippen LogP contribution in [-0.2, 0) is 6.42 Å². The zero-order valence-electron chi connectivity index (χ0n) is 11.9. The monoisotopic (exact) mass is 270 g/mol. The maximum atomic E-state index is 10.4. The first-order chi connectivity index (χ1) is 9.72. The Morgan fingerprint density at radius 1 is 1.15 bits per heavy atom. The Hall–Kier alpha value is -1.71. The molecule has 3 nitrogen and oxygen atoms in total. The van der Waals surface area contributed by atoms with Crippen molar-refractivity contribution >= 4 is 0 Å². The van der Waals surface area contributed by atoms with Gasteiger partial charge < -0.3 is 10.8 Å². The molecule has 106 valence electrons. The second-order valence-corrected chi connectivity index (χ2v) is 5.16. The fourth-order valence-electron chi connectivity index (χ4n) is 2.52. The molecule has 0 aliphatic carbocycles. The van der Waals surface area contributed by atoms with Crippen LogP contribution in [0.15, 0.2) is 48.8 Å². The highest BCUT2D eigenvalue weighted by atomic mass is 16.3. The maximum absolute atomic E-state index is 10.4. The van der Waals surface area contributed by atoms with E-state index in [2.05, 4.69) is 24.0 Å². The summed E-state index contributed by atoms with van der Waals surface area (Å²) in [6.07, 6.45) is 4.64. The molecular formula is C17H22N2O. The molecule has 0 amide bonds. The van der Waals surface area contributed by atoms with Gasteiger partial charge in [-0.2, -0.15) is 0 Å². The molecule has 0 saturated heterocycles. The summed E-state index contributed by atoms with van der Waals surface area (Å²) < 4.78 is 0. The molecule has 2 aromatic rings. The summed E-state index contributed by atoms with van der Waals surface area (Å²) in [7, 11) is 0. The average molecular weight is 270 g/mol. The van der Waals surface area contributed by atoms with Gasteiger partial charge in [0.1, 0.15) is 0 Å². The van der Waals surface area contributed by atoms with Crippen molar-refractivity contribution in [2.45, 2.75) is 31.8 Å². The standard InChI is InChI=1S/C17H22N2O/c1-13-4-2-3-5-14(13)6-7-17(20)16(12-18)15-8-10-19-11-9-15/h2-5,8-11,16-17,20H,6-7,12,18H2,1H3. The molecule has 3 N–H and O–H groups in total. The first-order valence-electron chi connectivity index (χ1n) is 7.05. The van der Waals surface area contributed by atoms with Crippen molar-refractivity contribution in [3.63, 3.8) is 0 Å². The van der Waals surface area contributed by atoms with Crippen molar-refractivity contribution in [3.8, 4) is 0 Å². The van der Waals surface area contributed by atoms with Crippen LogP contribution in [-0.4, -0.2) is 22.7 Å². The van der Waals surface area contributed by atoms with E-state index >= 15 is 0 Å². The molecule has 2 unspecified atom stereocenters. The lowest BCUT2D eigenvalue weighted by Gasteiger charge is -2.22. The van der Waals surface area contributed by atoms with Crippen LogP contribution < -0.4 is 5.73 Å². The van der Waals surface area contributed by atoms with Crippen molar-refractivity contribution in [2.24, 2.45) is 5.73 Å². The molecule has 0 saturated carbocycles. The zero-order chi connectivity index (χ0) is 14.4. The van der Waals surface area contributed by atoms with Crippen LogP contribution in [0.25, 0.3) is 0 Å². The van der Waals surface area contributed by atoms with Gasteiger partial charge in [0.05, 0.1) is 6.10 Å². The van der Waals surface area contributed by atoms with Crippen molar-refractivity contribution in [2.75, 3.05) is 6.54 Å². The SMILES string of the molecule is Cc1ccccc1CCC(O)C(CN)c1ccncc1. The fourth-order valence-corrected chi connectivity index (χ4v) is 2.52. The van der Waals surface area contributed by atoms with Crippen LogP contribution in [0.1, 0.15) is 29.0 Å². The molecule has 0 spiro atoms. The normalized spacial score (nSPS) is 13.9. The van der Waals surface area contributed by atoms with E-state index in [9.17, 15) is 5.11 Å². The van der Waals surface area contributed by atoms with Gasteiger partial charge in [0, 0.05) is 24.9 Å². The largest absolute Gasteiger partial charge is 0.392 e. The summed E-state index contributed by atoms with van der Waals surface area (Å²) in [5, 5.41) is 10.4. The van der Waals surface area contributed by atoms with Gasteiger partial charge in [-0.15, -0.1) is 0 Å². The van der Waals surface area contributed by atoms with Crippen molar-refractivity contribution in [1.82, 2.24) is 4.98 Å². The Bertz CT molecular complexity index is 528. The van der Waals surface area contributed by atoms with E-state index in [1.165, 1.54) is 11.1 Å². The average Bonchev–Trinajstić information content (AvgIpc) is 2.48. The number of rotatable bonds is 6. The number of hydrogen-bond acceptors (Lipinski definition) is 3. The molecule has 1 aromatic carbocycles. The summed E-state index contributed by atoms with van der Waals surface area (Å²) in [6, 6.07) is 12.1. The Morgan fingerprint density at radius 3 is 2.50 bits per heavy atom. The molecule has 0 bridgehead atoms. The topological polar surface area (TPSA) is 59.1 Å². The lowest BCUT2D eigenvalue weighted by molar-refractivity contribution is 0.136. The molecule has 3 heteroatoms. The number of pyridine rings is 1. The van der Waals surface area contributed by atoms with Crippen LogP contribution in [0.2, 0.25) is 0 Å². The van der Waals surface area contributed by atoms with E-state index in [1.807, 2.05) is 24.3 Å². The highest BCUT2D eigenvalue weighted by molar-refractivity contribution is 5.26. The molecular weight excluding hydrogens is 248 g/mol. The Kier molecular flexibility index (Phi) is 5.27. The van der Waals surface area contributed by atoms with Gasteiger partial charge >= 0.3 is 0 Å². The summed E-state index contributed by atoms with van der Waals surface area (Å²) >= 11 is 0. The Labute approximate surface area is 120 Å². The molecule has 20 heavy (non-hydrogen) atoms. The maximum Gasteiger partial charge on any atom is 0.0624 e. The van der Waals surface area contributed by atoms with Gasteiger partial charge in [0.15, 0.2) is 0 Å². The van der Waals surface area contributed by atoms with Crippen molar-refractivity contribution in [1.29, 1.82) is 0 Å². The predicted octanol–water partition coefficient (Wildman–Crippen LogP) is 2.43. The number of aliphatic hydroxyl groups is 1. The van der Waals surface area contributed by atoms with E-state index in [4.69, 9.17) is 5.73 Å². The van der Waals surface area contributed by atoms with E-state index in [-0.39, 0.29) is 5.92 Å². The Morgan fingerprint density at radius 2 is 1.85 bits per heavy atom. The van der Waals surface area contributed by atoms with Gasteiger partial charge in [-0.05, 0) is 48.6 Å². The summed E-state index contributed by atoms with van der Waals surface area (Å²) in [5.41, 5.74) is 9.44. The van der Waals surface area contributed by atoms with Gasteiger partial charge in [-0.25, -0.2) is 0 Å². The van der Waals surface area contributed by atoms with Gasteiger partial charge in [0.25, 0.3) is 0 Å². The highest BCUT2D eigenvalue weighted by Gasteiger charge is 2.19. The van der Waals surface area contributed by atoms with E-state index < -0.39 is 6.10 Å². The highest BCUT2D eigenvalue weighted by Crippen LogP contribution is 2.22. The minimum Gasteiger partial charge on any atom is -0.392 e. The first-order valence-corrected chi connectivity index (χ1v) is 7.05. The minimum absolute atomic E-state index is 0.0259. The van der Waals surface area contributed by atoms with Crippen LogP contribution in [0.5, 0.6) is 0 Å². The van der Waals surface area contributed by atoms with Crippen LogP contribution >= 0.6 is 0 Å². The third-order valence-corrected chi connectivity index (χ3v) is 3.82. The molecule has 0 aliphatic heterocycles. The smallest absolute Gasteiger partial charge is 0.0624 e. The first kappa shape index (κ1) is 14.7. The van der Waals surface area contributed by atoms with Crippen LogP contribution in [0, 0.1) is 6.92 Å². The second-order valence-electron chi connectivity index (χ2n) is 5.16. The quantitative estimate of drug-likeness (QED) is 0.847. The summed E-state index contributed by atoms with van der Waals surface area (Å²) in [5.74, 6) is -0.0259. The van der Waals surface area contributed by atoms with Crippen molar-refractivity contribution < 1.29 is 5.11 Å². The predicted molar refractivity (Wildman–Crippen MR) is 81.5 cm³/mol. The summed E-state index contributed by atoms with van der Waals surface area (Å²) in [4.78, 5) is 4.00. The number of hydrogen-bond donors (Lipinski definition) is 2. The van der Waals surface area contributed by atoms with Crippen LogP contribution in [0.4, 0.5) is 0 Å². The fraction of sp³-hybridized carbons (Fsp3) is 0.353. The second kappa shape index (κ2) is 7.17. The molecule has 1 heterocycles. The van der Waals surface area contributed by atoms with Gasteiger partial charge in [0.2, 0.25) is 0 Å². The third kappa shape index (κ3) is 3.65. The van der Waals surface area contributed by atoms with E-state index in [1.54, 1.807) is 12.4 Å². The number of aliphatic hydroxyl groups excluding tert-OH is 1. The molecule has 0 radical (unpaired) electrons. The molecule has 2 atom stereocenters. The molecule has 2 rings (SSSR count). The van der Waals surface area contributed by atoms with Crippen molar-refractivity contribution in [3.05, 3.63) is 65.5 Å². The number of aromatic nitrogens is 1. The zero-order valence-corrected chi connectivity index (χ0v) is 11.9. The lowest BCUT2D eigenvalue weighted by atomic mass is 9.90. The number of benzene rings is 1. The summed E-state index contributed by atoms with van der Waals surface area (Å²) in [6.45, 7) is 2.55. The Balaban J connectivity index is 2.00. The lowest BCUT2D eigenvalue weighted by Crippen LogP contribution is -2.26. The number of nitrogens with two attached hydrogens (primary N) is 1. The molecule has 0 fully saturated rings. The van der Waals surface area contributed by atoms with Gasteiger partial charge in [-0.1, -0.05) is 24.3 Å².